The molecule has 0 atom stereocenters. The molecule has 2 nitrogen and oxygen atoms in total. The van der Waals surface area contributed by atoms with Gasteiger partial charge in [0.05, 0.1) is 11.3 Å². The fourth-order valence-electron chi connectivity index (χ4n) is 5.13. The van der Waals surface area contributed by atoms with Crippen molar-refractivity contribution in [1.82, 2.24) is 0 Å². The summed E-state index contributed by atoms with van der Waals surface area (Å²) in [6, 6.07) is 40.9. The molecule has 6 aromatic carbocycles. The van der Waals surface area contributed by atoms with Gasteiger partial charge in [-0.1, -0.05) is 104 Å². The fraction of sp³-hybridized carbons (Fsp3) is 0.0270. The molecule has 0 aromatic heterocycles. The van der Waals surface area contributed by atoms with Crippen LogP contribution in [0.2, 0.25) is 0 Å². The van der Waals surface area contributed by atoms with Crippen molar-refractivity contribution in [2.24, 2.45) is 0 Å². The molecule has 0 aliphatic heterocycles. The predicted octanol–water partition coefficient (Wildman–Crippen LogP) is 10.5. The Kier molecular flexibility index (Phi) is 7.01. The van der Waals surface area contributed by atoms with Crippen molar-refractivity contribution < 1.29 is 17.9 Å². The van der Waals surface area contributed by atoms with E-state index in [2.05, 4.69) is 36.9 Å². The van der Waals surface area contributed by atoms with E-state index < -0.39 is 11.7 Å². The highest BCUT2D eigenvalue weighted by Crippen LogP contribution is 2.37. The summed E-state index contributed by atoms with van der Waals surface area (Å²) >= 11 is 0. The Labute approximate surface area is 242 Å². The number of halogens is 3. The molecule has 0 heterocycles. The second-order valence-electron chi connectivity index (χ2n) is 10.0. The van der Waals surface area contributed by atoms with Crippen molar-refractivity contribution in [1.29, 1.82) is 0 Å². The van der Waals surface area contributed by atoms with Gasteiger partial charge < -0.3 is 10.5 Å². The number of hydrogen-bond acceptors (Lipinski definition) is 2. The fourth-order valence-corrected chi connectivity index (χ4v) is 5.13. The van der Waals surface area contributed by atoms with Crippen molar-refractivity contribution in [3.63, 3.8) is 0 Å². The monoisotopic (exact) mass is 557 g/mol. The standard InChI is InChI=1S/C37H26F3NO/c1-24(42-36-12-5-4-11-35(36)41)31-21-22-32(34-10-3-2-9-33(31)34)29-8-6-7-28(23-29)27-15-13-25(14-16-27)26-17-19-30(20-18-26)37(38,39)40/h2-23H,1,41H2. The second-order valence-corrected chi connectivity index (χ2v) is 10.0. The molecule has 0 bridgehead atoms. The molecule has 6 aromatic rings. The number of para-hydroxylation sites is 2. The van der Waals surface area contributed by atoms with Gasteiger partial charge in [0.2, 0.25) is 0 Å². The van der Waals surface area contributed by atoms with E-state index >= 15 is 0 Å². The van der Waals surface area contributed by atoms with Crippen LogP contribution in [0, 0.1) is 0 Å². The van der Waals surface area contributed by atoms with Crippen molar-refractivity contribution in [2.75, 3.05) is 5.73 Å². The Hall–Kier alpha value is -5.29. The van der Waals surface area contributed by atoms with Crippen molar-refractivity contribution in [3.8, 4) is 39.1 Å². The van der Waals surface area contributed by atoms with E-state index in [1.54, 1.807) is 6.07 Å². The van der Waals surface area contributed by atoms with Crippen molar-refractivity contribution in [3.05, 3.63) is 151 Å². The molecule has 5 heteroatoms. The van der Waals surface area contributed by atoms with E-state index in [4.69, 9.17) is 10.5 Å². The summed E-state index contributed by atoms with van der Waals surface area (Å²) in [5.74, 6) is 1.07. The maximum absolute atomic E-state index is 12.9. The minimum Gasteiger partial charge on any atom is -0.455 e. The van der Waals surface area contributed by atoms with Gasteiger partial charge in [-0.3, -0.25) is 0 Å². The topological polar surface area (TPSA) is 35.2 Å². The number of hydrogen-bond donors (Lipinski definition) is 1. The molecule has 42 heavy (non-hydrogen) atoms. The lowest BCUT2D eigenvalue weighted by Gasteiger charge is -2.16. The lowest BCUT2D eigenvalue weighted by atomic mass is 9.92. The first-order chi connectivity index (χ1) is 20.3. The van der Waals surface area contributed by atoms with Gasteiger partial charge in [0.15, 0.2) is 0 Å². The molecule has 0 saturated carbocycles. The molecule has 0 spiro atoms. The zero-order chi connectivity index (χ0) is 29.3. The van der Waals surface area contributed by atoms with E-state index in [0.717, 1.165) is 61.8 Å². The smallest absolute Gasteiger partial charge is 0.416 e. The zero-order valence-electron chi connectivity index (χ0n) is 22.5. The zero-order valence-corrected chi connectivity index (χ0v) is 22.5. The molecule has 0 fully saturated rings. The number of fused-ring (bicyclic) bond motifs is 1. The van der Waals surface area contributed by atoms with Crippen LogP contribution in [0.25, 0.3) is 49.9 Å². The van der Waals surface area contributed by atoms with Gasteiger partial charge in [0.1, 0.15) is 11.5 Å². The highest BCUT2D eigenvalue weighted by Gasteiger charge is 2.30. The van der Waals surface area contributed by atoms with Crippen molar-refractivity contribution >= 4 is 22.2 Å². The van der Waals surface area contributed by atoms with E-state index in [1.165, 1.54) is 12.1 Å². The molecule has 0 aliphatic carbocycles. The molecular formula is C37H26F3NO. The number of rotatable bonds is 6. The Morgan fingerprint density at radius 3 is 1.81 bits per heavy atom. The van der Waals surface area contributed by atoms with Gasteiger partial charge in [-0.05, 0) is 80.6 Å². The average Bonchev–Trinajstić information content (AvgIpc) is 3.01. The molecule has 6 rings (SSSR count). The number of ether oxygens (including phenoxy) is 1. The van der Waals surface area contributed by atoms with Crippen LogP contribution in [0.15, 0.2) is 140 Å². The Bertz CT molecular complexity index is 1910. The van der Waals surface area contributed by atoms with Gasteiger partial charge in [-0.15, -0.1) is 0 Å². The van der Waals surface area contributed by atoms with Crippen LogP contribution in [0.1, 0.15) is 11.1 Å². The lowest BCUT2D eigenvalue weighted by molar-refractivity contribution is -0.137. The third kappa shape index (κ3) is 5.37. The van der Waals surface area contributed by atoms with Crippen LogP contribution >= 0.6 is 0 Å². The summed E-state index contributed by atoms with van der Waals surface area (Å²) in [5.41, 5.74) is 12.6. The number of benzene rings is 6. The molecule has 0 saturated heterocycles. The minimum absolute atomic E-state index is 0.512. The average molecular weight is 558 g/mol. The van der Waals surface area contributed by atoms with E-state index in [9.17, 15) is 13.2 Å². The summed E-state index contributed by atoms with van der Waals surface area (Å²) in [5, 5.41) is 2.08. The first kappa shape index (κ1) is 26.9. The Morgan fingerprint density at radius 1 is 0.571 bits per heavy atom. The molecule has 0 radical (unpaired) electrons. The first-order valence-corrected chi connectivity index (χ1v) is 13.4. The number of nitrogen functional groups attached to an aromatic ring is 1. The normalized spacial score (nSPS) is 11.4. The molecule has 2 N–H and O–H groups in total. The predicted molar refractivity (Wildman–Crippen MR) is 166 cm³/mol. The highest BCUT2D eigenvalue weighted by molar-refractivity contribution is 6.02. The van der Waals surface area contributed by atoms with Gasteiger partial charge in [-0.2, -0.15) is 13.2 Å². The highest BCUT2D eigenvalue weighted by atomic mass is 19.4. The summed E-state index contributed by atoms with van der Waals surface area (Å²) in [6.07, 6.45) is -4.35. The van der Waals surface area contributed by atoms with Crippen LogP contribution in [0.5, 0.6) is 5.75 Å². The number of anilines is 1. The maximum atomic E-state index is 12.9. The molecule has 0 unspecified atom stereocenters. The Morgan fingerprint density at radius 2 is 1.14 bits per heavy atom. The second kappa shape index (κ2) is 10.9. The number of alkyl halides is 3. The third-order valence-electron chi connectivity index (χ3n) is 7.31. The SMILES string of the molecule is C=C(Oc1ccccc1N)c1ccc(-c2cccc(-c3ccc(-c4ccc(C(F)(F)F)cc4)cc3)c2)c2ccccc12. The van der Waals surface area contributed by atoms with Gasteiger partial charge >= 0.3 is 6.18 Å². The van der Waals surface area contributed by atoms with E-state index in [1.807, 2.05) is 72.8 Å². The molecule has 0 aliphatic rings. The number of nitrogens with two attached hydrogens (primary N) is 1. The molecule has 0 amide bonds. The van der Waals surface area contributed by atoms with Crippen molar-refractivity contribution in [2.45, 2.75) is 6.18 Å². The van der Waals surface area contributed by atoms with Crippen LogP contribution in [-0.4, -0.2) is 0 Å². The van der Waals surface area contributed by atoms with E-state index in [-0.39, 0.29) is 0 Å². The summed E-state index contributed by atoms with van der Waals surface area (Å²) in [4.78, 5) is 0. The molecular weight excluding hydrogens is 531 g/mol. The van der Waals surface area contributed by atoms with Gasteiger partial charge in [0, 0.05) is 5.56 Å². The quantitative estimate of drug-likeness (QED) is 0.163. The molecule has 206 valence electrons. The van der Waals surface area contributed by atoms with Gasteiger partial charge in [0.25, 0.3) is 0 Å². The summed E-state index contributed by atoms with van der Waals surface area (Å²) in [7, 11) is 0. The first-order valence-electron chi connectivity index (χ1n) is 13.4. The van der Waals surface area contributed by atoms with Crippen LogP contribution in [-0.2, 0) is 6.18 Å². The maximum Gasteiger partial charge on any atom is 0.416 e. The van der Waals surface area contributed by atoms with Crippen LogP contribution in [0.3, 0.4) is 0 Å². The van der Waals surface area contributed by atoms with Crippen LogP contribution < -0.4 is 10.5 Å². The van der Waals surface area contributed by atoms with Gasteiger partial charge in [-0.25, -0.2) is 0 Å². The van der Waals surface area contributed by atoms with E-state index in [0.29, 0.717) is 17.2 Å². The summed E-state index contributed by atoms with van der Waals surface area (Å²) < 4.78 is 44.9. The lowest BCUT2D eigenvalue weighted by Crippen LogP contribution is -2.03. The third-order valence-corrected chi connectivity index (χ3v) is 7.31. The van der Waals surface area contributed by atoms with Crippen LogP contribution in [0.4, 0.5) is 18.9 Å². The Balaban J connectivity index is 1.30. The largest absolute Gasteiger partial charge is 0.455 e. The summed E-state index contributed by atoms with van der Waals surface area (Å²) in [6.45, 7) is 4.18. The minimum atomic E-state index is -4.35.